The van der Waals surface area contributed by atoms with Gasteiger partial charge in [0.25, 0.3) is 0 Å². The molecule has 1 fully saturated rings. The number of likely N-dealkylation sites (tertiary alicyclic amines) is 1. The lowest BCUT2D eigenvalue weighted by atomic mass is 9.90. The molecule has 4 nitrogen and oxygen atoms in total. The van der Waals surface area contributed by atoms with E-state index in [4.69, 9.17) is 4.42 Å². The second-order valence-corrected chi connectivity index (χ2v) is 7.65. The zero-order valence-electron chi connectivity index (χ0n) is 16.1. The summed E-state index contributed by atoms with van der Waals surface area (Å²) in [5.74, 6) is 1.42. The third-order valence-corrected chi connectivity index (χ3v) is 5.32. The van der Waals surface area contributed by atoms with Gasteiger partial charge in [-0.25, -0.2) is 0 Å². The van der Waals surface area contributed by atoms with Gasteiger partial charge in [-0.2, -0.15) is 5.10 Å². The fourth-order valence-electron chi connectivity index (χ4n) is 4.10. The normalized spacial score (nSPS) is 18.7. The summed E-state index contributed by atoms with van der Waals surface area (Å²) >= 11 is 0. The lowest BCUT2D eigenvalue weighted by Crippen LogP contribution is -2.35. The molecule has 3 aromatic rings. The average molecular weight is 361 g/mol. The Hall–Kier alpha value is -2.59. The molecule has 1 aliphatic heterocycles. The highest BCUT2D eigenvalue weighted by Crippen LogP contribution is 2.33. The van der Waals surface area contributed by atoms with Crippen LogP contribution in [0, 0.1) is 6.92 Å². The number of hydrogen-bond acceptors (Lipinski definition) is 3. The van der Waals surface area contributed by atoms with Crippen molar-refractivity contribution in [1.82, 2.24) is 15.1 Å². The second-order valence-electron chi connectivity index (χ2n) is 7.65. The maximum atomic E-state index is 5.44. The van der Waals surface area contributed by atoms with Crippen LogP contribution >= 0.6 is 0 Å². The molecule has 1 unspecified atom stereocenters. The van der Waals surface area contributed by atoms with Crippen LogP contribution in [0.2, 0.25) is 0 Å². The zero-order chi connectivity index (χ0) is 18.6. The number of nitrogens with one attached hydrogen (secondary N) is 1. The molecule has 0 aliphatic carbocycles. The van der Waals surface area contributed by atoms with Crippen molar-refractivity contribution < 1.29 is 4.42 Å². The van der Waals surface area contributed by atoms with E-state index >= 15 is 0 Å². The van der Waals surface area contributed by atoms with Crippen LogP contribution < -0.4 is 0 Å². The first-order chi connectivity index (χ1) is 13.2. The standard InChI is InChI=1S/C23H27N3O/c1-17-6-3-7-19(12-17)22-14-24-25-23(22)20-8-4-10-26(16-20)15-18(2)13-21-9-5-11-27-21/h3,5-7,9,11-14,20H,4,8,10,15-16H2,1-2H3,(H,24,25)/b18-13+. The number of aromatic amines is 1. The van der Waals surface area contributed by atoms with Gasteiger partial charge in [0.1, 0.15) is 5.76 Å². The Morgan fingerprint density at radius 2 is 2.26 bits per heavy atom. The Morgan fingerprint density at radius 3 is 3.07 bits per heavy atom. The number of H-pyrrole nitrogens is 1. The molecule has 4 heteroatoms. The van der Waals surface area contributed by atoms with E-state index in [-0.39, 0.29) is 0 Å². The molecule has 0 spiro atoms. The molecule has 0 saturated carbocycles. The van der Waals surface area contributed by atoms with Gasteiger partial charge in [-0.05, 0) is 57.0 Å². The summed E-state index contributed by atoms with van der Waals surface area (Å²) in [6.07, 6.45) is 8.26. The third-order valence-electron chi connectivity index (χ3n) is 5.32. The maximum absolute atomic E-state index is 5.44. The van der Waals surface area contributed by atoms with Crippen molar-refractivity contribution in [3.8, 4) is 11.1 Å². The van der Waals surface area contributed by atoms with E-state index in [0.29, 0.717) is 5.92 Å². The summed E-state index contributed by atoms with van der Waals surface area (Å²) < 4.78 is 5.44. The molecule has 1 saturated heterocycles. The van der Waals surface area contributed by atoms with Crippen LogP contribution in [0.5, 0.6) is 0 Å². The van der Waals surface area contributed by atoms with Crippen molar-refractivity contribution >= 4 is 6.08 Å². The van der Waals surface area contributed by atoms with Crippen LogP contribution in [0.1, 0.15) is 42.7 Å². The SMILES string of the molecule is C/C(=C\c1ccco1)CN1CCCC(c2[nH]ncc2-c2cccc(C)c2)C1. The summed E-state index contributed by atoms with van der Waals surface area (Å²) in [5.41, 5.74) is 6.38. The Kier molecular flexibility index (Phi) is 5.26. The minimum atomic E-state index is 0.494. The highest BCUT2D eigenvalue weighted by molar-refractivity contribution is 5.66. The zero-order valence-corrected chi connectivity index (χ0v) is 16.1. The summed E-state index contributed by atoms with van der Waals surface area (Å²) in [6, 6.07) is 12.6. The van der Waals surface area contributed by atoms with E-state index in [2.05, 4.69) is 59.3 Å². The number of rotatable bonds is 5. The minimum absolute atomic E-state index is 0.494. The van der Waals surface area contributed by atoms with Gasteiger partial charge in [0.15, 0.2) is 0 Å². The summed E-state index contributed by atoms with van der Waals surface area (Å²) in [7, 11) is 0. The molecule has 1 aliphatic rings. The van der Waals surface area contributed by atoms with E-state index in [1.54, 1.807) is 6.26 Å². The molecule has 0 radical (unpaired) electrons. The van der Waals surface area contributed by atoms with Gasteiger partial charge in [-0.3, -0.25) is 10.00 Å². The van der Waals surface area contributed by atoms with Gasteiger partial charge >= 0.3 is 0 Å². The number of hydrogen-bond donors (Lipinski definition) is 1. The number of aromatic nitrogens is 2. The molecule has 2 aromatic heterocycles. The molecular formula is C23H27N3O. The van der Waals surface area contributed by atoms with Crippen LogP contribution in [0.3, 0.4) is 0 Å². The molecule has 4 rings (SSSR count). The number of aryl methyl sites for hydroxylation is 1. The fourth-order valence-corrected chi connectivity index (χ4v) is 4.10. The highest BCUT2D eigenvalue weighted by Gasteiger charge is 2.25. The summed E-state index contributed by atoms with van der Waals surface area (Å²) in [4.78, 5) is 2.55. The quantitative estimate of drug-likeness (QED) is 0.674. The topological polar surface area (TPSA) is 45.1 Å². The van der Waals surface area contributed by atoms with Crippen molar-refractivity contribution in [2.45, 2.75) is 32.6 Å². The van der Waals surface area contributed by atoms with Crippen LogP contribution in [0.15, 0.2) is 58.8 Å². The van der Waals surface area contributed by atoms with E-state index in [1.165, 1.54) is 40.8 Å². The van der Waals surface area contributed by atoms with E-state index < -0.39 is 0 Å². The third kappa shape index (κ3) is 4.22. The van der Waals surface area contributed by atoms with Gasteiger partial charge in [0, 0.05) is 30.3 Å². The Morgan fingerprint density at radius 1 is 1.33 bits per heavy atom. The van der Waals surface area contributed by atoms with Crippen LogP contribution in [0.25, 0.3) is 17.2 Å². The molecule has 0 bridgehead atoms. The molecule has 1 atom stereocenters. The van der Waals surface area contributed by atoms with Crippen molar-refractivity contribution in [1.29, 1.82) is 0 Å². The first kappa shape index (κ1) is 17.8. The van der Waals surface area contributed by atoms with Gasteiger partial charge in [0.2, 0.25) is 0 Å². The van der Waals surface area contributed by atoms with Crippen molar-refractivity contribution in [3.63, 3.8) is 0 Å². The predicted octanol–water partition coefficient (Wildman–Crippen LogP) is 5.26. The number of nitrogens with zero attached hydrogens (tertiary/aromatic N) is 2. The Labute approximate surface area is 160 Å². The molecule has 1 N–H and O–H groups in total. The number of benzene rings is 1. The van der Waals surface area contributed by atoms with Crippen LogP contribution in [-0.4, -0.2) is 34.7 Å². The van der Waals surface area contributed by atoms with E-state index in [1.807, 2.05) is 18.3 Å². The molecular weight excluding hydrogens is 334 g/mol. The van der Waals surface area contributed by atoms with Gasteiger partial charge in [-0.1, -0.05) is 35.4 Å². The van der Waals surface area contributed by atoms with Crippen molar-refractivity contribution in [3.05, 3.63) is 71.4 Å². The highest BCUT2D eigenvalue weighted by atomic mass is 16.3. The van der Waals surface area contributed by atoms with Gasteiger partial charge < -0.3 is 4.42 Å². The van der Waals surface area contributed by atoms with Crippen LogP contribution in [-0.2, 0) is 0 Å². The first-order valence-electron chi connectivity index (χ1n) is 9.72. The van der Waals surface area contributed by atoms with Gasteiger partial charge in [0.05, 0.1) is 12.5 Å². The molecule has 27 heavy (non-hydrogen) atoms. The van der Waals surface area contributed by atoms with E-state index in [9.17, 15) is 0 Å². The summed E-state index contributed by atoms with van der Waals surface area (Å²) in [6.45, 7) is 7.50. The van der Waals surface area contributed by atoms with Gasteiger partial charge in [-0.15, -0.1) is 0 Å². The smallest absolute Gasteiger partial charge is 0.126 e. The molecule has 140 valence electrons. The average Bonchev–Trinajstić information content (AvgIpc) is 3.33. The first-order valence-corrected chi connectivity index (χ1v) is 9.72. The van der Waals surface area contributed by atoms with E-state index in [0.717, 1.165) is 25.4 Å². The van der Waals surface area contributed by atoms with Crippen molar-refractivity contribution in [2.24, 2.45) is 0 Å². The molecule has 3 heterocycles. The minimum Gasteiger partial charge on any atom is -0.465 e. The Bertz CT molecular complexity index is 907. The fraction of sp³-hybridized carbons (Fsp3) is 0.348. The second kappa shape index (κ2) is 7.97. The monoisotopic (exact) mass is 361 g/mol. The number of piperidine rings is 1. The largest absolute Gasteiger partial charge is 0.465 e. The molecule has 1 aromatic carbocycles. The Balaban J connectivity index is 1.48. The number of furan rings is 1. The molecule has 0 amide bonds. The lowest BCUT2D eigenvalue weighted by molar-refractivity contribution is 0.222. The summed E-state index contributed by atoms with van der Waals surface area (Å²) in [5, 5.41) is 7.67. The van der Waals surface area contributed by atoms with Crippen molar-refractivity contribution in [2.75, 3.05) is 19.6 Å². The maximum Gasteiger partial charge on any atom is 0.126 e. The lowest BCUT2D eigenvalue weighted by Gasteiger charge is -2.33. The predicted molar refractivity (Wildman–Crippen MR) is 110 cm³/mol. The van der Waals surface area contributed by atoms with Crippen LogP contribution in [0.4, 0.5) is 0 Å².